The number of aryl methyl sites for hydroxylation is 4. The number of hydrogen-bond acceptors (Lipinski definition) is 5. The van der Waals surface area contributed by atoms with Crippen LogP contribution >= 0.6 is 0 Å². The van der Waals surface area contributed by atoms with Gasteiger partial charge in [-0.15, -0.1) is 0 Å². The minimum atomic E-state index is 0.0154. The van der Waals surface area contributed by atoms with Gasteiger partial charge in [0.1, 0.15) is 23.9 Å². The molecule has 166 valence electrons. The van der Waals surface area contributed by atoms with Crippen LogP contribution in [-0.4, -0.2) is 27.2 Å². The Hall–Kier alpha value is -3.61. The first-order valence-corrected chi connectivity index (χ1v) is 10.8. The molecule has 0 bridgehead atoms. The number of carbonyl (C=O) groups is 1. The number of aromatic nitrogens is 3. The number of imidazole rings is 1. The molecule has 0 saturated carbocycles. The molecule has 1 amide bonds. The van der Waals surface area contributed by atoms with Gasteiger partial charge in [0.25, 0.3) is 0 Å². The quantitative estimate of drug-likeness (QED) is 0.399. The van der Waals surface area contributed by atoms with Crippen LogP contribution in [0.4, 0.5) is 0 Å². The smallest absolute Gasteiger partial charge is 0.224 e. The first-order chi connectivity index (χ1) is 15.5. The third-order valence-electron chi connectivity index (χ3n) is 5.58. The zero-order chi connectivity index (χ0) is 22.5. The van der Waals surface area contributed by atoms with E-state index >= 15 is 0 Å². The monoisotopic (exact) mass is 432 g/mol. The molecule has 0 aliphatic heterocycles. The van der Waals surface area contributed by atoms with Gasteiger partial charge in [-0.2, -0.15) is 0 Å². The van der Waals surface area contributed by atoms with E-state index in [1.165, 1.54) is 0 Å². The molecule has 0 radical (unpaired) electrons. The van der Waals surface area contributed by atoms with E-state index in [1.807, 2.05) is 63.2 Å². The number of benzene rings is 2. The first kappa shape index (κ1) is 21.6. The molecule has 7 nitrogen and oxygen atoms in total. The Morgan fingerprint density at radius 1 is 1.09 bits per heavy atom. The molecule has 0 aliphatic rings. The largest absolute Gasteiger partial charge is 0.489 e. The van der Waals surface area contributed by atoms with Crippen LogP contribution in [-0.2, 0) is 24.4 Å². The van der Waals surface area contributed by atoms with Crippen molar-refractivity contribution >= 4 is 16.9 Å². The van der Waals surface area contributed by atoms with Gasteiger partial charge in [-0.1, -0.05) is 29.4 Å². The number of ether oxygens (including phenoxy) is 1. The summed E-state index contributed by atoms with van der Waals surface area (Å²) < 4.78 is 13.2. The van der Waals surface area contributed by atoms with Crippen molar-refractivity contribution in [2.45, 2.75) is 46.8 Å². The number of fused-ring (bicyclic) bond motifs is 1. The first-order valence-electron chi connectivity index (χ1n) is 10.8. The van der Waals surface area contributed by atoms with Crippen LogP contribution in [0.25, 0.3) is 11.0 Å². The summed E-state index contributed by atoms with van der Waals surface area (Å²) >= 11 is 0. The van der Waals surface area contributed by atoms with Crippen LogP contribution in [0.5, 0.6) is 5.75 Å². The highest BCUT2D eigenvalue weighted by atomic mass is 16.5. The van der Waals surface area contributed by atoms with E-state index in [4.69, 9.17) is 9.26 Å². The van der Waals surface area contributed by atoms with Crippen LogP contribution < -0.4 is 10.1 Å². The summed E-state index contributed by atoms with van der Waals surface area (Å²) in [4.78, 5) is 16.9. The second kappa shape index (κ2) is 9.68. The van der Waals surface area contributed by atoms with Crippen molar-refractivity contribution in [3.63, 3.8) is 0 Å². The van der Waals surface area contributed by atoms with E-state index in [9.17, 15) is 4.79 Å². The molecule has 2 aromatic carbocycles. The van der Waals surface area contributed by atoms with Crippen LogP contribution in [0.2, 0.25) is 0 Å². The zero-order valence-corrected chi connectivity index (χ0v) is 18.7. The molecule has 0 saturated heterocycles. The van der Waals surface area contributed by atoms with Gasteiger partial charge in [0.2, 0.25) is 5.91 Å². The lowest BCUT2D eigenvalue weighted by Crippen LogP contribution is -2.26. The van der Waals surface area contributed by atoms with Crippen molar-refractivity contribution < 1.29 is 14.1 Å². The van der Waals surface area contributed by atoms with Gasteiger partial charge < -0.3 is 19.1 Å². The molecule has 0 aliphatic carbocycles. The lowest BCUT2D eigenvalue weighted by atomic mass is 10.1. The molecule has 0 fully saturated rings. The van der Waals surface area contributed by atoms with Crippen molar-refractivity contribution in [3.8, 4) is 5.75 Å². The number of hydrogen-bond donors (Lipinski definition) is 1. The predicted molar refractivity (Wildman–Crippen MR) is 123 cm³/mol. The summed E-state index contributed by atoms with van der Waals surface area (Å²) in [7, 11) is 0. The van der Waals surface area contributed by atoms with E-state index in [0.717, 1.165) is 58.2 Å². The van der Waals surface area contributed by atoms with Gasteiger partial charge in [0.15, 0.2) is 0 Å². The number of amides is 1. The van der Waals surface area contributed by atoms with Gasteiger partial charge in [-0.3, -0.25) is 4.79 Å². The maximum Gasteiger partial charge on any atom is 0.224 e. The highest BCUT2D eigenvalue weighted by Crippen LogP contribution is 2.18. The molecule has 2 aromatic heterocycles. The van der Waals surface area contributed by atoms with Crippen molar-refractivity contribution in [2.75, 3.05) is 6.54 Å². The van der Waals surface area contributed by atoms with Crippen molar-refractivity contribution in [1.82, 2.24) is 20.0 Å². The number of nitrogens with zero attached hydrogens (tertiary/aromatic N) is 3. The standard InChI is InChI=1S/C25H28N4O3/c1-17-22(18(2)32-28-17)16-31-21-11-9-20(10-12-21)15-25(30)26-13-6-14-29-19(3)27-23-7-4-5-8-24(23)29/h4-5,7-12H,6,13-16H2,1-3H3,(H,26,30). The Morgan fingerprint density at radius 3 is 2.62 bits per heavy atom. The number of rotatable bonds is 9. The third kappa shape index (κ3) is 4.99. The second-order valence-electron chi connectivity index (χ2n) is 7.92. The molecule has 0 unspecified atom stereocenters. The topological polar surface area (TPSA) is 82.2 Å². The average Bonchev–Trinajstić information content (AvgIpc) is 3.28. The fourth-order valence-electron chi connectivity index (χ4n) is 3.76. The van der Waals surface area contributed by atoms with E-state index in [2.05, 4.69) is 26.1 Å². The van der Waals surface area contributed by atoms with E-state index < -0.39 is 0 Å². The molecule has 2 heterocycles. The van der Waals surface area contributed by atoms with Crippen LogP contribution in [0.1, 0.15) is 34.8 Å². The number of nitrogens with one attached hydrogen (secondary N) is 1. The maximum atomic E-state index is 12.3. The van der Waals surface area contributed by atoms with Crippen LogP contribution in [0.3, 0.4) is 0 Å². The minimum absolute atomic E-state index is 0.0154. The molecule has 7 heteroatoms. The second-order valence-corrected chi connectivity index (χ2v) is 7.92. The van der Waals surface area contributed by atoms with Gasteiger partial charge in [0, 0.05) is 13.1 Å². The van der Waals surface area contributed by atoms with Gasteiger partial charge >= 0.3 is 0 Å². The molecule has 1 N–H and O–H groups in total. The van der Waals surface area contributed by atoms with Gasteiger partial charge in [-0.25, -0.2) is 4.98 Å². The van der Waals surface area contributed by atoms with E-state index in [1.54, 1.807) is 0 Å². The predicted octanol–water partition coefficient (Wildman–Crippen LogP) is 4.28. The highest BCUT2D eigenvalue weighted by molar-refractivity contribution is 5.78. The van der Waals surface area contributed by atoms with Gasteiger partial charge in [0.05, 0.1) is 28.7 Å². The van der Waals surface area contributed by atoms with Crippen LogP contribution in [0.15, 0.2) is 53.1 Å². The van der Waals surface area contributed by atoms with Crippen molar-refractivity contribution in [3.05, 3.63) is 76.9 Å². The summed E-state index contributed by atoms with van der Waals surface area (Å²) in [5.41, 5.74) is 4.89. The minimum Gasteiger partial charge on any atom is -0.489 e. The molecular formula is C25H28N4O3. The maximum absolute atomic E-state index is 12.3. The molecule has 0 atom stereocenters. The third-order valence-corrected chi connectivity index (χ3v) is 5.58. The zero-order valence-electron chi connectivity index (χ0n) is 18.7. The average molecular weight is 433 g/mol. The number of carbonyl (C=O) groups excluding carboxylic acids is 1. The molecule has 4 rings (SSSR count). The summed E-state index contributed by atoms with van der Waals surface area (Å²) in [6.07, 6.45) is 1.19. The van der Waals surface area contributed by atoms with Crippen molar-refractivity contribution in [1.29, 1.82) is 0 Å². The highest BCUT2D eigenvalue weighted by Gasteiger charge is 2.10. The Labute approximate surface area is 187 Å². The van der Waals surface area contributed by atoms with E-state index in [0.29, 0.717) is 19.6 Å². The van der Waals surface area contributed by atoms with Gasteiger partial charge in [-0.05, 0) is 57.0 Å². The summed E-state index contributed by atoms with van der Waals surface area (Å²) in [6, 6.07) is 15.7. The summed E-state index contributed by atoms with van der Waals surface area (Å²) in [5, 5.41) is 6.94. The number of para-hydroxylation sites is 2. The fraction of sp³-hybridized carbons (Fsp3) is 0.320. The van der Waals surface area contributed by atoms with E-state index in [-0.39, 0.29) is 5.91 Å². The molecule has 32 heavy (non-hydrogen) atoms. The molecule has 0 spiro atoms. The Kier molecular flexibility index (Phi) is 6.54. The molecular weight excluding hydrogens is 404 g/mol. The van der Waals surface area contributed by atoms with Crippen molar-refractivity contribution in [2.24, 2.45) is 0 Å². The Bertz CT molecular complexity index is 1190. The lowest BCUT2D eigenvalue weighted by molar-refractivity contribution is -0.120. The van der Waals surface area contributed by atoms with Crippen LogP contribution in [0, 0.1) is 20.8 Å². The summed E-state index contributed by atoms with van der Waals surface area (Å²) in [6.45, 7) is 7.65. The fourth-order valence-corrected chi connectivity index (χ4v) is 3.76. The summed E-state index contributed by atoms with van der Waals surface area (Å²) in [5.74, 6) is 2.53. The normalized spacial score (nSPS) is 11.1. The lowest BCUT2D eigenvalue weighted by Gasteiger charge is -2.09. The Balaban J connectivity index is 1.21. The Morgan fingerprint density at radius 2 is 1.88 bits per heavy atom. The molecule has 4 aromatic rings. The SMILES string of the molecule is Cc1noc(C)c1COc1ccc(CC(=O)NCCCn2c(C)nc3ccccc32)cc1.